The molecule has 1 atom stereocenters. The van der Waals surface area contributed by atoms with Gasteiger partial charge in [-0.3, -0.25) is 9.59 Å². The van der Waals surface area contributed by atoms with E-state index in [4.69, 9.17) is 4.74 Å². The van der Waals surface area contributed by atoms with Crippen molar-refractivity contribution in [1.29, 1.82) is 0 Å². The number of benzene rings is 1. The normalized spacial score (nSPS) is 15.3. The lowest BCUT2D eigenvalue weighted by Gasteiger charge is -2.32. The van der Waals surface area contributed by atoms with Gasteiger partial charge in [0, 0.05) is 31.4 Å². The van der Waals surface area contributed by atoms with Crippen LogP contribution in [-0.4, -0.2) is 62.1 Å². The van der Waals surface area contributed by atoms with Crippen LogP contribution in [0.5, 0.6) is 0 Å². The van der Waals surface area contributed by atoms with Crippen molar-refractivity contribution in [2.45, 2.75) is 19.9 Å². The zero-order valence-electron chi connectivity index (χ0n) is 15.4. The van der Waals surface area contributed by atoms with Crippen molar-refractivity contribution in [1.82, 2.24) is 15.5 Å². The maximum Gasteiger partial charge on any atom is 0.319 e. The quantitative estimate of drug-likeness (QED) is 0.729. The molecule has 0 unspecified atom stereocenters. The van der Waals surface area contributed by atoms with Crippen molar-refractivity contribution >= 4 is 23.5 Å². The summed E-state index contributed by atoms with van der Waals surface area (Å²) in [6.45, 7) is 5.88. The van der Waals surface area contributed by atoms with Crippen LogP contribution in [-0.2, 0) is 9.53 Å². The van der Waals surface area contributed by atoms with Gasteiger partial charge in [0.2, 0.25) is 5.91 Å². The predicted molar refractivity (Wildman–Crippen MR) is 98.0 cm³/mol. The summed E-state index contributed by atoms with van der Waals surface area (Å²) in [6.07, 6.45) is 0. The molecule has 3 N–H and O–H groups in total. The van der Waals surface area contributed by atoms with E-state index in [0.717, 1.165) is 0 Å². The summed E-state index contributed by atoms with van der Waals surface area (Å²) in [5, 5.41) is 7.98. The van der Waals surface area contributed by atoms with Crippen LogP contribution >= 0.6 is 0 Å². The van der Waals surface area contributed by atoms with Crippen LogP contribution in [0.4, 0.5) is 10.5 Å². The second-order valence-corrected chi connectivity index (χ2v) is 6.41. The molecule has 1 fully saturated rings. The minimum atomic E-state index is -0.613. The maximum atomic E-state index is 12.7. The van der Waals surface area contributed by atoms with Crippen LogP contribution in [0.15, 0.2) is 24.3 Å². The molecule has 0 radical (unpaired) electrons. The molecule has 8 nitrogen and oxygen atoms in total. The van der Waals surface area contributed by atoms with Crippen molar-refractivity contribution < 1.29 is 19.1 Å². The molecule has 0 aromatic heterocycles. The standard InChI is InChI=1S/C18H26N4O4/c1-12(2)15(17(24)22-8-10-26-11-9-22)21-18(25)20-14-6-4-13(5-7-14)16(23)19-3/h4-7,12,15H,8-11H2,1-3H3,(H,19,23)(H2,20,21,25)/t15-/m1/s1. The van der Waals surface area contributed by atoms with E-state index < -0.39 is 12.1 Å². The lowest BCUT2D eigenvalue weighted by molar-refractivity contribution is -0.138. The fraction of sp³-hybridized carbons (Fsp3) is 0.500. The van der Waals surface area contributed by atoms with Crippen LogP contribution < -0.4 is 16.0 Å². The van der Waals surface area contributed by atoms with Crippen molar-refractivity contribution in [2.24, 2.45) is 5.92 Å². The number of carbonyl (C=O) groups excluding carboxylic acids is 3. The van der Waals surface area contributed by atoms with Gasteiger partial charge in [-0.05, 0) is 30.2 Å². The summed E-state index contributed by atoms with van der Waals surface area (Å²) in [5.74, 6) is -0.350. The van der Waals surface area contributed by atoms with E-state index >= 15 is 0 Å². The molecule has 142 valence electrons. The van der Waals surface area contributed by atoms with Gasteiger partial charge >= 0.3 is 6.03 Å². The number of ether oxygens (including phenoxy) is 1. The van der Waals surface area contributed by atoms with E-state index in [9.17, 15) is 14.4 Å². The fourth-order valence-corrected chi connectivity index (χ4v) is 2.65. The second-order valence-electron chi connectivity index (χ2n) is 6.41. The van der Waals surface area contributed by atoms with E-state index in [-0.39, 0.29) is 17.7 Å². The zero-order chi connectivity index (χ0) is 19.1. The second kappa shape index (κ2) is 9.19. The summed E-state index contributed by atoms with van der Waals surface area (Å²) in [7, 11) is 1.56. The molecule has 1 aliphatic rings. The number of nitrogens with one attached hydrogen (secondary N) is 3. The largest absolute Gasteiger partial charge is 0.378 e. The first kappa shape index (κ1) is 19.7. The van der Waals surface area contributed by atoms with Gasteiger partial charge in [0.1, 0.15) is 6.04 Å². The number of urea groups is 1. The third-order valence-electron chi connectivity index (χ3n) is 4.17. The number of carbonyl (C=O) groups is 3. The summed E-state index contributed by atoms with van der Waals surface area (Å²) >= 11 is 0. The highest BCUT2D eigenvalue weighted by Crippen LogP contribution is 2.11. The lowest BCUT2D eigenvalue weighted by Crippen LogP contribution is -2.54. The number of hydrogen-bond acceptors (Lipinski definition) is 4. The third kappa shape index (κ3) is 5.19. The first-order valence-electron chi connectivity index (χ1n) is 8.68. The predicted octanol–water partition coefficient (Wildman–Crippen LogP) is 1.05. The van der Waals surface area contributed by atoms with Crippen LogP contribution in [0.1, 0.15) is 24.2 Å². The number of nitrogens with zero attached hydrogens (tertiary/aromatic N) is 1. The Morgan fingerprint density at radius 2 is 1.69 bits per heavy atom. The fourth-order valence-electron chi connectivity index (χ4n) is 2.65. The molecular formula is C18H26N4O4. The monoisotopic (exact) mass is 362 g/mol. The number of hydrogen-bond donors (Lipinski definition) is 3. The van der Waals surface area contributed by atoms with Gasteiger partial charge < -0.3 is 25.6 Å². The molecule has 4 amide bonds. The molecule has 0 bridgehead atoms. The van der Waals surface area contributed by atoms with E-state index in [0.29, 0.717) is 37.6 Å². The highest BCUT2D eigenvalue weighted by molar-refractivity contribution is 5.96. The molecule has 1 aromatic rings. The summed E-state index contributed by atoms with van der Waals surface area (Å²) in [6, 6.07) is 5.44. The molecule has 1 heterocycles. The Balaban J connectivity index is 1.96. The molecule has 0 saturated carbocycles. The number of rotatable bonds is 5. The molecule has 0 aliphatic carbocycles. The van der Waals surface area contributed by atoms with Gasteiger partial charge in [0.25, 0.3) is 5.91 Å². The summed E-state index contributed by atoms with van der Waals surface area (Å²) in [5.41, 5.74) is 1.04. The number of anilines is 1. The zero-order valence-corrected chi connectivity index (χ0v) is 15.4. The smallest absolute Gasteiger partial charge is 0.319 e. The Morgan fingerprint density at radius 1 is 1.08 bits per heavy atom. The van der Waals surface area contributed by atoms with Gasteiger partial charge in [0.05, 0.1) is 13.2 Å². The van der Waals surface area contributed by atoms with Crippen molar-refractivity contribution in [3.05, 3.63) is 29.8 Å². The highest BCUT2D eigenvalue weighted by Gasteiger charge is 2.29. The molecule has 26 heavy (non-hydrogen) atoms. The minimum Gasteiger partial charge on any atom is -0.378 e. The molecule has 0 spiro atoms. The van der Waals surface area contributed by atoms with Crippen LogP contribution in [0.2, 0.25) is 0 Å². The molecule has 2 rings (SSSR count). The molecule has 1 aromatic carbocycles. The SMILES string of the molecule is CNC(=O)c1ccc(NC(=O)N[C@@H](C(=O)N2CCOCC2)C(C)C)cc1. The number of morpholine rings is 1. The van der Waals surface area contributed by atoms with Gasteiger partial charge in [-0.2, -0.15) is 0 Å². The van der Waals surface area contributed by atoms with Gasteiger partial charge in [-0.25, -0.2) is 4.79 Å². The molecular weight excluding hydrogens is 336 g/mol. The molecule has 1 saturated heterocycles. The van der Waals surface area contributed by atoms with E-state index in [1.54, 1.807) is 36.2 Å². The van der Waals surface area contributed by atoms with Crippen molar-refractivity contribution in [2.75, 3.05) is 38.7 Å². The van der Waals surface area contributed by atoms with Crippen molar-refractivity contribution in [3.63, 3.8) is 0 Å². The Hall–Kier alpha value is -2.61. The van der Waals surface area contributed by atoms with Crippen molar-refractivity contribution in [3.8, 4) is 0 Å². The average molecular weight is 362 g/mol. The number of amides is 4. The van der Waals surface area contributed by atoms with Crippen LogP contribution in [0.25, 0.3) is 0 Å². The van der Waals surface area contributed by atoms with Gasteiger partial charge in [-0.15, -0.1) is 0 Å². The van der Waals surface area contributed by atoms with Crippen LogP contribution in [0.3, 0.4) is 0 Å². The van der Waals surface area contributed by atoms with E-state index in [1.807, 2.05) is 13.8 Å². The lowest BCUT2D eigenvalue weighted by atomic mass is 10.0. The Kier molecular flexibility index (Phi) is 6.97. The Bertz CT molecular complexity index is 639. The average Bonchev–Trinajstić information content (AvgIpc) is 2.66. The van der Waals surface area contributed by atoms with Crippen LogP contribution in [0, 0.1) is 5.92 Å². The Morgan fingerprint density at radius 3 is 2.23 bits per heavy atom. The first-order valence-corrected chi connectivity index (χ1v) is 8.68. The van der Waals surface area contributed by atoms with E-state index in [1.165, 1.54) is 0 Å². The Labute approximate surface area is 153 Å². The maximum absolute atomic E-state index is 12.7. The van der Waals surface area contributed by atoms with Gasteiger partial charge in [-0.1, -0.05) is 13.8 Å². The topological polar surface area (TPSA) is 99.8 Å². The molecule has 1 aliphatic heterocycles. The minimum absolute atomic E-state index is 0.0493. The van der Waals surface area contributed by atoms with Gasteiger partial charge in [0.15, 0.2) is 0 Å². The first-order chi connectivity index (χ1) is 12.4. The third-order valence-corrected chi connectivity index (χ3v) is 4.17. The molecule has 8 heteroatoms. The summed E-state index contributed by atoms with van der Waals surface area (Å²) in [4.78, 5) is 38.2. The highest BCUT2D eigenvalue weighted by atomic mass is 16.5. The van der Waals surface area contributed by atoms with E-state index in [2.05, 4.69) is 16.0 Å². The summed E-state index contributed by atoms with van der Waals surface area (Å²) < 4.78 is 5.26.